The summed E-state index contributed by atoms with van der Waals surface area (Å²) in [6.07, 6.45) is 0.346. The second kappa shape index (κ2) is 12.3. The molecule has 1 aliphatic heterocycles. The van der Waals surface area contributed by atoms with Gasteiger partial charge in [-0.05, 0) is 54.8 Å². The van der Waals surface area contributed by atoms with Crippen molar-refractivity contribution in [3.63, 3.8) is 0 Å². The Morgan fingerprint density at radius 1 is 1.03 bits per heavy atom. The molecule has 0 bridgehead atoms. The van der Waals surface area contributed by atoms with Crippen LogP contribution in [0.15, 0.2) is 89.7 Å². The first-order valence-corrected chi connectivity index (χ1v) is 12.8. The molecule has 2 aromatic carbocycles. The molecule has 0 aromatic heterocycles. The molecule has 0 amide bonds. The van der Waals surface area contributed by atoms with Crippen molar-refractivity contribution in [2.45, 2.75) is 46.3 Å². The molecular weight excluding hydrogens is 471 g/mol. The smallest absolute Gasteiger partial charge is 0.159 e. The molecular formula is C30H38ClFN4. The van der Waals surface area contributed by atoms with Crippen molar-refractivity contribution >= 4 is 18.3 Å². The first-order chi connectivity index (χ1) is 17.1. The Balaban J connectivity index is 1.99. The van der Waals surface area contributed by atoms with Crippen molar-refractivity contribution < 1.29 is 4.39 Å². The van der Waals surface area contributed by atoms with Gasteiger partial charge in [-0.15, -0.1) is 0 Å². The summed E-state index contributed by atoms with van der Waals surface area (Å²) in [5.41, 5.74) is 5.11. The lowest BCUT2D eigenvalue weighted by molar-refractivity contribution is 0.227. The molecule has 0 N–H and O–H groups in total. The van der Waals surface area contributed by atoms with Gasteiger partial charge in [0.15, 0.2) is 5.82 Å². The van der Waals surface area contributed by atoms with E-state index < -0.39 is 6.17 Å². The molecule has 6 heteroatoms. The van der Waals surface area contributed by atoms with E-state index in [0.717, 1.165) is 53.7 Å². The van der Waals surface area contributed by atoms with Crippen LogP contribution in [0, 0.1) is 5.92 Å². The molecule has 0 fully saturated rings. The summed E-state index contributed by atoms with van der Waals surface area (Å²) in [6.45, 7) is 20.8. The summed E-state index contributed by atoms with van der Waals surface area (Å²) in [7, 11) is 1.97. The Morgan fingerprint density at radius 2 is 1.69 bits per heavy atom. The lowest BCUT2D eigenvalue weighted by Gasteiger charge is -2.44. The van der Waals surface area contributed by atoms with Gasteiger partial charge in [-0.25, -0.2) is 9.38 Å². The van der Waals surface area contributed by atoms with Crippen molar-refractivity contribution in [2.24, 2.45) is 10.9 Å². The molecule has 0 aliphatic carbocycles. The summed E-state index contributed by atoms with van der Waals surface area (Å²) in [5, 5.41) is 0.707. The van der Waals surface area contributed by atoms with Gasteiger partial charge in [0.25, 0.3) is 0 Å². The normalized spacial score (nSPS) is 15.1. The molecule has 1 atom stereocenters. The van der Waals surface area contributed by atoms with Crippen LogP contribution in [0.25, 0.3) is 0 Å². The number of hydrogen-bond acceptors (Lipinski definition) is 4. The number of rotatable bonds is 11. The molecule has 4 nitrogen and oxygen atoms in total. The van der Waals surface area contributed by atoms with E-state index in [-0.39, 0.29) is 0 Å². The van der Waals surface area contributed by atoms with Crippen LogP contribution in [-0.4, -0.2) is 47.7 Å². The Labute approximate surface area is 221 Å². The highest BCUT2D eigenvalue weighted by Gasteiger charge is 2.32. The van der Waals surface area contributed by atoms with E-state index in [9.17, 15) is 4.39 Å². The number of benzene rings is 2. The van der Waals surface area contributed by atoms with Gasteiger partial charge >= 0.3 is 0 Å². The van der Waals surface area contributed by atoms with Crippen LogP contribution in [0.5, 0.6) is 0 Å². The first-order valence-electron chi connectivity index (χ1n) is 12.4. The second-order valence-electron chi connectivity index (χ2n) is 9.86. The van der Waals surface area contributed by atoms with E-state index in [1.54, 1.807) is 6.92 Å². The predicted octanol–water partition coefficient (Wildman–Crippen LogP) is 7.04. The maximum atomic E-state index is 13.6. The number of aliphatic imine (C=N–C) groups is 1. The van der Waals surface area contributed by atoms with E-state index in [2.05, 4.69) is 60.6 Å². The van der Waals surface area contributed by atoms with E-state index in [1.165, 1.54) is 5.56 Å². The minimum atomic E-state index is -0.867. The van der Waals surface area contributed by atoms with Gasteiger partial charge in [-0.2, -0.15) is 0 Å². The largest absolute Gasteiger partial charge is 0.362 e. The molecule has 1 unspecified atom stereocenters. The van der Waals surface area contributed by atoms with Gasteiger partial charge in [0.2, 0.25) is 0 Å². The predicted molar refractivity (Wildman–Crippen MR) is 150 cm³/mol. The Bertz CT molecular complexity index is 1120. The maximum absolute atomic E-state index is 13.6. The summed E-state index contributed by atoms with van der Waals surface area (Å²) in [4.78, 5) is 10.9. The van der Waals surface area contributed by atoms with Crippen LogP contribution in [0.3, 0.4) is 0 Å². The maximum Gasteiger partial charge on any atom is 0.159 e. The average molecular weight is 509 g/mol. The molecule has 192 valence electrons. The molecule has 0 saturated carbocycles. The van der Waals surface area contributed by atoms with Crippen molar-refractivity contribution in [2.75, 3.05) is 20.1 Å². The molecule has 0 saturated heterocycles. The van der Waals surface area contributed by atoms with Crippen molar-refractivity contribution in [1.29, 1.82) is 0 Å². The van der Waals surface area contributed by atoms with Crippen LogP contribution in [0.4, 0.5) is 4.39 Å². The van der Waals surface area contributed by atoms with E-state index in [1.807, 2.05) is 48.3 Å². The summed E-state index contributed by atoms with van der Waals surface area (Å²) >= 11 is 6.15. The van der Waals surface area contributed by atoms with E-state index >= 15 is 0 Å². The highest BCUT2D eigenvalue weighted by atomic mass is 35.5. The lowest BCUT2D eigenvalue weighted by atomic mass is 10.0. The zero-order valence-electron chi connectivity index (χ0n) is 22.0. The molecule has 0 spiro atoms. The minimum absolute atomic E-state index is 0.423. The highest BCUT2D eigenvalue weighted by Crippen LogP contribution is 2.35. The fourth-order valence-electron chi connectivity index (χ4n) is 4.54. The molecule has 0 radical (unpaired) electrons. The van der Waals surface area contributed by atoms with E-state index in [4.69, 9.17) is 11.6 Å². The topological polar surface area (TPSA) is 22.1 Å². The van der Waals surface area contributed by atoms with Gasteiger partial charge in [-0.3, -0.25) is 0 Å². The number of halogens is 2. The lowest BCUT2D eigenvalue weighted by Crippen LogP contribution is -2.43. The summed E-state index contributed by atoms with van der Waals surface area (Å²) in [6, 6.07) is 16.1. The monoisotopic (exact) mass is 508 g/mol. The number of alkyl halides is 1. The third kappa shape index (κ3) is 6.79. The Kier molecular flexibility index (Phi) is 9.38. The van der Waals surface area contributed by atoms with Crippen molar-refractivity contribution in [1.82, 2.24) is 14.7 Å². The standard InChI is InChI=1S/C30H38ClFN4/c1-21(2)19-36-23(4)29(30(33-6)34(7)24(36)5)35(20-26-11-13-28(31)14-12-26)16-15-25-9-8-10-27(18-25)17-22(3)32/h8-14,18,21-22H,4-6,15-17,19-20H2,1-3,7H3. The molecule has 1 heterocycles. The molecule has 3 rings (SSSR count). The van der Waals surface area contributed by atoms with Crippen molar-refractivity contribution in [3.05, 3.63) is 106 Å². The quantitative estimate of drug-likeness (QED) is 0.304. The number of nitrogens with zero attached hydrogens (tertiary/aromatic N) is 4. The third-order valence-electron chi connectivity index (χ3n) is 6.31. The second-order valence-corrected chi connectivity index (χ2v) is 10.3. The van der Waals surface area contributed by atoms with Gasteiger partial charge in [-0.1, -0.05) is 75.0 Å². The molecule has 2 aromatic rings. The van der Waals surface area contributed by atoms with Gasteiger partial charge in [0.1, 0.15) is 17.7 Å². The van der Waals surface area contributed by atoms with E-state index in [0.29, 0.717) is 23.9 Å². The van der Waals surface area contributed by atoms with Crippen LogP contribution in [0.1, 0.15) is 37.5 Å². The van der Waals surface area contributed by atoms with Crippen LogP contribution >= 0.6 is 11.6 Å². The van der Waals surface area contributed by atoms with Crippen LogP contribution in [0.2, 0.25) is 5.02 Å². The Morgan fingerprint density at radius 3 is 2.31 bits per heavy atom. The number of hydrogen-bond donors (Lipinski definition) is 0. The van der Waals surface area contributed by atoms with Gasteiger partial charge < -0.3 is 14.7 Å². The highest BCUT2D eigenvalue weighted by molar-refractivity contribution is 6.30. The van der Waals surface area contributed by atoms with Crippen molar-refractivity contribution in [3.8, 4) is 0 Å². The first kappa shape index (κ1) is 27.5. The third-order valence-corrected chi connectivity index (χ3v) is 6.56. The summed E-state index contributed by atoms with van der Waals surface area (Å²) < 4.78 is 13.6. The fourth-order valence-corrected chi connectivity index (χ4v) is 4.67. The average Bonchev–Trinajstić information content (AvgIpc) is 2.83. The van der Waals surface area contributed by atoms with Crippen LogP contribution < -0.4 is 0 Å². The van der Waals surface area contributed by atoms with Crippen LogP contribution in [-0.2, 0) is 19.4 Å². The SMILES string of the molecule is C=NC1=C(N(CCc2cccc(CC(C)F)c2)Cc2ccc(Cl)cc2)C(=C)N(CC(C)C)C(=C)N1C. The zero-order chi connectivity index (χ0) is 26.4. The minimum Gasteiger partial charge on any atom is -0.362 e. The van der Waals surface area contributed by atoms with Gasteiger partial charge in [0, 0.05) is 38.1 Å². The summed E-state index contributed by atoms with van der Waals surface area (Å²) in [5.74, 6) is 2.00. The Hall–Kier alpha value is -3.05. The molecule has 36 heavy (non-hydrogen) atoms. The fraction of sp³-hybridized carbons (Fsp3) is 0.367. The molecule has 1 aliphatic rings. The van der Waals surface area contributed by atoms with Gasteiger partial charge in [0.05, 0.1) is 5.70 Å². The zero-order valence-corrected chi connectivity index (χ0v) is 22.7.